The minimum Gasteiger partial charge on any atom is -0.444 e. The van der Waals surface area contributed by atoms with Gasteiger partial charge in [-0.25, -0.2) is 4.79 Å². The molecule has 2 unspecified atom stereocenters. The lowest BCUT2D eigenvalue weighted by Crippen LogP contribution is -2.39. The topological polar surface area (TPSA) is 50.4 Å². The first-order valence-electron chi connectivity index (χ1n) is 8.21. The summed E-state index contributed by atoms with van der Waals surface area (Å²) in [7, 11) is 0. The fourth-order valence-corrected chi connectivity index (χ4v) is 5.16. The number of alkyl carbamates (subject to hydrolysis) is 1. The second-order valence-electron chi connectivity index (χ2n) is 7.17. The highest BCUT2D eigenvalue weighted by Crippen LogP contribution is 2.43. The highest BCUT2D eigenvalue weighted by Gasteiger charge is 2.26. The molecule has 0 radical (unpaired) electrons. The van der Waals surface area contributed by atoms with Crippen molar-refractivity contribution in [3.05, 3.63) is 17.0 Å². The summed E-state index contributed by atoms with van der Waals surface area (Å²) in [5.41, 5.74) is 0.985. The zero-order valence-electron chi connectivity index (χ0n) is 14.6. The van der Waals surface area contributed by atoms with E-state index in [0.717, 1.165) is 19.4 Å². The predicted octanol–water partition coefficient (Wildman–Crippen LogP) is 4.57. The van der Waals surface area contributed by atoms with Gasteiger partial charge in [-0.05, 0) is 64.1 Å². The van der Waals surface area contributed by atoms with E-state index in [1.165, 1.54) is 9.77 Å². The van der Waals surface area contributed by atoms with E-state index in [-0.39, 0.29) is 12.1 Å². The van der Waals surface area contributed by atoms with Crippen LogP contribution in [0.1, 0.15) is 59.1 Å². The Morgan fingerprint density at radius 2 is 2.22 bits per heavy atom. The first-order valence-corrected chi connectivity index (χ1v) is 9.97. The average molecular weight is 357 g/mol. The van der Waals surface area contributed by atoms with Gasteiger partial charge in [0.05, 0.1) is 4.21 Å². The number of nitrogens with one attached hydrogen (secondary N) is 2. The largest absolute Gasteiger partial charge is 0.444 e. The molecule has 0 saturated heterocycles. The summed E-state index contributed by atoms with van der Waals surface area (Å²) in [5.74, 6) is 0. The van der Waals surface area contributed by atoms with Crippen molar-refractivity contribution in [1.82, 2.24) is 10.6 Å². The van der Waals surface area contributed by atoms with Crippen LogP contribution in [0, 0.1) is 0 Å². The number of hydrogen-bond acceptors (Lipinski definition) is 5. The molecule has 1 aromatic rings. The van der Waals surface area contributed by atoms with Gasteiger partial charge in [0.2, 0.25) is 0 Å². The maximum atomic E-state index is 11.8. The molecule has 0 aromatic carbocycles. The van der Waals surface area contributed by atoms with Crippen LogP contribution < -0.4 is 10.6 Å². The number of thioether (sulfide) groups is 1. The van der Waals surface area contributed by atoms with Gasteiger partial charge < -0.3 is 15.4 Å². The number of fused-ring (bicyclic) bond motifs is 1. The average Bonchev–Trinajstić information content (AvgIpc) is 2.83. The Balaban J connectivity index is 1.74. The Morgan fingerprint density at radius 1 is 1.48 bits per heavy atom. The minimum atomic E-state index is -0.451. The summed E-state index contributed by atoms with van der Waals surface area (Å²) in [5, 5.41) is 9.37. The Morgan fingerprint density at radius 3 is 2.91 bits per heavy atom. The zero-order chi connectivity index (χ0) is 17.0. The van der Waals surface area contributed by atoms with Crippen molar-refractivity contribution < 1.29 is 9.53 Å². The summed E-state index contributed by atoms with van der Waals surface area (Å²) in [4.78, 5) is 11.8. The molecule has 2 rings (SSSR count). The quantitative estimate of drug-likeness (QED) is 0.811. The third-order valence-corrected chi connectivity index (χ3v) is 5.98. The molecule has 0 aliphatic carbocycles. The smallest absolute Gasteiger partial charge is 0.407 e. The highest BCUT2D eigenvalue weighted by atomic mass is 32.2. The van der Waals surface area contributed by atoms with Gasteiger partial charge >= 0.3 is 6.09 Å². The van der Waals surface area contributed by atoms with E-state index in [0.29, 0.717) is 11.3 Å². The van der Waals surface area contributed by atoms with E-state index >= 15 is 0 Å². The fraction of sp³-hybridized carbons (Fsp3) is 0.706. The number of ether oxygens (including phenoxy) is 1. The van der Waals surface area contributed by atoms with Crippen molar-refractivity contribution in [2.75, 3.05) is 6.54 Å². The summed E-state index contributed by atoms with van der Waals surface area (Å²) in [6.45, 7) is 10.8. The highest BCUT2D eigenvalue weighted by molar-refractivity contribution is 8.01. The summed E-state index contributed by atoms with van der Waals surface area (Å²) in [6.07, 6.45) is 1.70. The Bertz CT molecular complexity index is 525. The van der Waals surface area contributed by atoms with E-state index in [1.54, 1.807) is 0 Å². The van der Waals surface area contributed by atoms with Crippen molar-refractivity contribution in [2.45, 2.75) is 74.6 Å². The molecule has 0 saturated carbocycles. The van der Waals surface area contributed by atoms with Crippen molar-refractivity contribution in [3.63, 3.8) is 0 Å². The normalized spacial score (nSPS) is 22.3. The third kappa shape index (κ3) is 6.01. The van der Waals surface area contributed by atoms with Crippen LogP contribution in [0.3, 0.4) is 0 Å². The number of thiophene rings is 1. The molecule has 1 aliphatic heterocycles. The first kappa shape index (κ1) is 18.6. The molecule has 1 aliphatic rings. The molecule has 4 nitrogen and oxygen atoms in total. The summed E-state index contributed by atoms with van der Waals surface area (Å²) in [6, 6.07) is 2.76. The van der Waals surface area contributed by atoms with E-state index in [9.17, 15) is 4.79 Å². The molecule has 1 aromatic heterocycles. The van der Waals surface area contributed by atoms with Crippen molar-refractivity contribution in [1.29, 1.82) is 0 Å². The van der Waals surface area contributed by atoms with Gasteiger partial charge in [0.25, 0.3) is 0 Å². The van der Waals surface area contributed by atoms with Gasteiger partial charge in [0.1, 0.15) is 5.60 Å². The SMILES string of the molecule is CC(CCNC1C[C@H](C)Sc2sccc21)NC(=O)OC(C)(C)C. The zero-order valence-corrected chi connectivity index (χ0v) is 16.3. The second kappa shape index (κ2) is 7.90. The second-order valence-corrected chi connectivity index (χ2v) is 9.79. The van der Waals surface area contributed by atoms with E-state index in [2.05, 4.69) is 29.0 Å². The molecule has 2 N–H and O–H groups in total. The molecule has 0 bridgehead atoms. The van der Waals surface area contributed by atoms with Crippen LogP contribution in [-0.2, 0) is 4.74 Å². The Kier molecular flexibility index (Phi) is 6.40. The fourth-order valence-electron chi connectivity index (χ4n) is 2.60. The van der Waals surface area contributed by atoms with Crippen LogP contribution in [0.25, 0.3) is 0 Å². The van der Waals surface area contributed by atoms with Crippen LogP contribution >= 0.6 is 23.1 Å². The molecular weight excluding hydrogens is 328 g/mol. The number of carbonyl (C=O) groups is 1. The minimum absolute atomic E-state index is 0.0923. The van der Waals surface area contributed by atoms with Crippen LogP contribution in [0.15, 0.2) is 15.7 Å². The molecule has 130 valence electrons. The first-order chi connectivity index (χ1) is 10.7. The van der Waals surface area contributed by atoms with Crippen molar-refractivity contribution in [2.24, 2.45) is 0 Å². The van der Waals surface area contributed by atoms with Crippen LogP contribution in [-0.4, -0.2) is 29.5 Å². The number of hydrogen-bond donors (Lipinski definition) is 2. The van der Waals surface area contributed by atoms with Crippen molar-refractivity contribution >= 4 is 29.2 Å². The van der Waals surface area contributed by atoms with Gasteiger partial charge in [-0.2, -0.15) is 0 Å². The maximum absolute atomic E-state index is 11.8. The molecule has 3 atom stereocenters. The van der Waals surface area contributed by atoms with Gasteiger partial charge in [-0.1, -0.05) is 6.92 Å². The van der Waals surface area contributed by atoms with Crippen molar-refractivity contribution in [3.8, 4) is 0 Å². The lowest BCUT2D eigenvalue weighted by atomic mass is 10.0. The van der Waals surface area contributed by atoms with Crippen LogP contribution in [0.5, 0.6) is 0 Å². The molecule has 2 heterocycles. The number of amides is 1. The maximum Gasteiger partial charge on any atom is 0.407 e. The Hall–Kier alpha value is -0.720. The van der Waals surface area contributed by atoms with E-state index < -0.39 is 5.60 Å². The predicted molar refractivity (Wildman–Crippen MR) is 98.4 cm³/mol. The van der Waals surface area contributed by atoms with Gasteiger partial charge in [-0.15, -0.1) is 23.1 Å². The molecule has 0 fully saturated rings. The summed E-state index contributed by atoms with van der Waals surface area (Å²) < 4.78 is 6.73. The standard InChI is InChI=1S/C17H28N2O2S2/c1-11(19-16(20)21-17(3,4)5)6-8-18-14-10-12(2)23-15-13(14)7-9-22-15/h7,9,11-12,14,18H,6,8,10H2,1-5H3,(H,19,20)/t11?,12-,14?/m0/s1. The Labute approximate surface area is 147 Å². The van der Waals surface area contributed by atoms with Gasteiger partial charge in [-0.3, -0.25) is 0 Å². The van der Waals surface area contributed by atoms with E-state index in [1.807, 2.05) is 50.8 Å². The molecule has 0 spiro atoms. The molecular formula is C17H28N2O2S2. The molecule has 1 amide bonds. The number of carbonyl (C=O) groups excluding carboxylic acids is 1. The van der Waals surface area contributed by atoms with Crippen LogP contribution in [0.4, 0.5) is 4.79 Å². The van der Waals surface area contributed by atoms with Gasteiger partial charge in [0.15, 0.2) is 0 Å². The monoisotopic (exact) mass is 356 g/mol. The lowest BCUT2D eigenvalue weighted by molar-refractivity contribution is 0.0506. The molecule has 6 heteroatoms. The lowest BCUT2D eigenvalue weighted by Gasteiger charge is -2.28. The van der Waals surface area contributed by atoms with Crippen LogP contribution in [0.2, 0.25) is 0 Å². The third-order valence-electron chi connectivity index (χ3n) is 3.64. The number of rotatable bonds is 5. The molecule has 23 heavy (non-hydrogen) atoms. The van der Waals surface area contributed by atoms with Gasteiger partial charge in [0, 0.05) is 17.3 Å². The summed E-state index contributed by atoms with van der Waals surface area (Å²) >= 11 is 3.82. The van der Waals surface area contributed by atoms with E-state index in [4.69, 9.17) is 4.74 Å².